The number of rotatable bonds is 4. The molecule has 0 aliphatic carbocycles. The molecule has 0 N–H and O–H groups in total. The topological polar surface area (TPSA) is 27.7 Å². The number of hydrogen-bond acceptors (Lipinski definition) is 3. The van der Waals surface area contributed by atoms with Crippen LogP contribution in [0.4, 0.5) is 0 Å². The summed E-state index contributed by atoms with van der Waals surface area (Å²) in [6.07, 6.45) is 5.16. The number of ether oxygens (including phenoxy) is 3. The first-order chi connectivity index (χ1) is 8.64. The van der Waals surface area contributed by atoms with Gasteiger partial charge in [-0.25, -0.2) is 0 Å². The number of halogens is 1. The number of terminal acetylenes is 1. The van der Waals surface area contributed by atoms with E-state index in [1.807, 2.05) is 37.3 Å². The molecule has 3 atom stereocenters. The Morgan fingerprint density at radius 2 is 2.28 bits per heavy atom. The minimum atomic E-state index is -0.688. The van der Waals surface area contributed by atoms with Gasteiger partial charge in [-0.15, -0.1) is 6.42 Å². The number of benzene rings is 1. The van der Waals surface area contributed by atoms with Crippen LogP contribution in [0, 0.1) is 12.3 Å². The molecule has 0 aromatic heterocycles. The molecule has 1 fully saturated rings. The average Bonchev–Trinajstić information content (AvgIpc) is 2.80. The molecule has 0 bridgehead atoms. The molecule has 1 heterocycles. The molecule has 3 unspecified atom stereocenters. The maximum absolute atomic E-state index is 5.91. The van der Waals surface area contributed by atoms with Crippen molar-refractivity contribution in [3.8, 4) is 12.3 Å². The summed E-state index contributed by atoms with van der Waals surface area (Å²) < 4.78 is 16.9. The maximum Gasteiger partial charge on any atom is 0.192 e. The van der Waals surface area contributed by atoms with Gasteiger partial charge >= 0.3 is 0 Å². The SMILES string of the molecule is C#CC(I)OCC1COC(C)(c2ccccc2)O1. The van der Waals surface area contributed by atoms with Gasteiger partial charge in [0.1, 0.15) is 6.10 Å². The van der Waals surface area contributed by atoms with Crippen molar-refractivity contribution in [1.82, 2.24) is 0 Å². The molecule has 0 saturated carbocycles. The van der Waals surface area contributed by atoms with Crippen LogP contribution in [0.3, 0.4) is 0 Å². The largest absolute Gasteiger partial charge is 0.353 e. The highest BCUT2D eigenvalue weighted by molar-refractivity contribution is 14.1. The molecule has 1 saturated heterocycles. The standard InChI is InChI=1S/C14H15IO3/c1-3-13(15)16-9-12-10-17-14(2,18-12)11-7-5-4-6-8-11/h1,4-8,12-13H,9-10H2,2H3. The molecule has 18 heavy (non-hydrogen) atoms. The van der Waals surface area contributed by atoms with Crippen molar-refractivity contribution in [2.75, 3.05) is 13.2 Å². The van der Waals surface area contributed by atoms with E-state index in [1.165, 1.54) is 0 Å². The van der Waals surface area contributed by atoms with E-state index in [9.17, 15) is 0 Å². The van der Waals surface area contributed by atoms with Crippen LogP contribution in [-0.4, -0.2) is 23.4 Å². The van der Waals surface area contributed by atoms with Crippen molar-refractivity contribution in [3.63, 3.8) is 0 Å². The monoisotopic (exact) mass is 358 g/mol. The Morgan fingerprint density at radius 3 is 2.94 bits per heavy atom. The minimum Gasteiger partial charge on any atom is -0.353 e. The third-order valence-electron chi connectivity index (χ3n) is 2.79. The maximum atomic E-state index is 5.91. The average molecular weight is 358 g/mol. The van der Waals surface area contributed by atoms with Crippen molar-refractivity contribution in [3.05, 3.63) is 35.9 Å². The molecule has 1 aliphatic rings. The summed E-state index contributed by atoms with van der Waals surface area (Å²) >= 11 is 2.06. The van der Waals surface area contributed by atoms with Gasteiger partial charge in [0.2, 0.25) is 0 Å². The van der Waals surface area contributed by atoms with Gasteiger partial charge in [0, 0.05) is 5.56 Å². The van der Waals surface area contributed by atoms with Crippen LogP contribution < -0.4 is 0 Å². The van der Waals surface area contributed by atoms with Gasteiger partial charge < -0.3 is 14.2 Å². The van der Waals surface area contributed by atoms with E-state index in [2.05, 4.69) is 28.5 Å². The summed E-state index contributed by atoms with van der Waals surface area (Å²) in [4.78, 5) is 0. The second-order valence-electron chi connectivity index (χ2n) is 4.18. The zero-order chi connectivity index (χ0) is 13.0. The van der Waals surface area contributed by atoms with E-state index in [1.54, 1.807) is 0 Å². The molecule has 3 nitrogen and oxygen atoms in total. The smallest absolute Gasteiger partial charge is 0.192 e. The van der Waals surface area contributed by atoms with Crippen molar-refractivity contribution < 1.29 is 14.2 Å². The summed E-state index contributed by atoms with van der Waals surface area (Å²) in [5.41, 5.74) is 1.01. The molecule has 4 heteroatoms. The van der Waals surface area contributed by atoms with Crippen molar-refractivity contribution in [1.29, 1.82) is 0 Å². The van der Waals surface area contributed by atoms with Crippen LogP contribution in [0.15, 0.2) is 30.3 Å². The molecular formula is C14H15IO3. The second-order valence-corrected chi connectivity index (χ2v) is 5.31. The van der Waals surface area contributed by atoms with Crippen LogP contribution >= 0.6 is 22.6 Å². The van der Waals surface area contributed by atoms with E-state index in [4.69, 9.17) is 20.6 Å². The number of hydrogen-bond donors (Lipinski definition) is 0. The van der Waals surface area contributed by atoms with Crippen LogP contribution in [0.25, 0.3) is 0 Å². The predicted octanol–water partition coefficient (Wildman–Crippen LogP) is 2.69. The molecule has 1 aliphatic heterocycles. The van der Waals surface area contributed by atoms with E-state index in [0.29, 0.717) is 13.2 Å². The van der Waals surface area contributed by atoms with Crippen molar-refractivity contribution in [2.24, 2.45) is 0 Å². The van der Waals surface area contributed by atoms with Crippen LogP contribution in [0.2, 0.25) is 0 Å². The van der Waals surface area contributed by atoms with Gasteiger partial charge in [0.25, 0.3) is 0 Å². The second kappa shape index (κ2) is 6.02. The third-order valence-corrected chi connectivity index (χ3v) is 3.51. The third kappa shape index (κ3) is 3.23. The molecule has 0 amide bonds. The summed E-state index contributed by atoms with van der Waals surface area (Å²) in [5.74, 6) is 1.82. The zero-order valence-electron chi connectivity index (χ0n) is 10.1. The Balaban J connectivity index is 1.94. The Labute approximate surface area is 121 Å². The van der Waals surface area contributed by atoms with Gasteiger partial charge in [-0.05, 0) is 29.5 Å². The highest BCUT2D eigenvalue weighted by atomic mass is 127. The van der Waals surface area contributed by atoms with E-state index < -0.39 is 5.79 Å². The number of alkyl halides is 1. The van der Waals surface area contributed by atoms with Crippen LogP contribution in [-0.2, 0) is 20.0 Å². The molecule has 0 spiro atoms. The van der Waals surface area contributed by atoms with Gasteiger partial charge in [0.15, 0.2) is 9.90 Å². The lowest BCUT2D eigenvalue weighted by Crippen LogP contribution is -2.26. The summed E-state index contributed by atoms with van der Waals surface area (Å²) in [6, 6.07) is 9.89. The van der Waals surface area contributed by atoms with E-state index >= 15 is 0 Å². The lowest BCUT2D eigenvalue weighted by atomic mass is 10.1. The highest BCUT2D eigenvalue weighted by Gasteiger charge is 2.38. The van der Waals surface area contributed by atoms with Gasteiger partial charge in [0.05, 0.1) is 13.2 Å². The van der Waals surface area contributed by atoms with Gasteiger partial charge in [-0.1, -0.05) is 36.3 Å². The zero-order valence-corrected chi connectivity index (χ0v) is 12.3. The molecule has 1 aromatic carbocycles. The Hall–Kier alpha value is -0.610. The summed E-state index contributed by atoms with van der Waals surface area (Å²) in [6.45, 7) is 2.88. The van der Waals surface area contributed by atoms with Gasteiger partial charge in [-0.2, -0.15) is 0 Å². The fraction of sp³-hybridized carbons (Fsp3) is 0.429. The fourth-order valence-corrected chi connectivity index (χ4v) is 2.06. The summed E-state index contributed by atoms with van der Waals surface area (Å²) in [7, 11) is 0. The van der Waals surface area contributed by atoms with Crippen LogP contribution in [0.1, 0.15) is 12.5 Å². The first-order valence-electron chi connectivity index (χ1n) is 5.73. The fourth-order valence-electron chi connectivity index (χ4n) is 1.85. The van der Waals surface area contributed by atoms with Gasteiger partial charge in [-0.3, -0.25) is 0 Å². The molecular weight excluding hydrogens is 343 g/mol. The normalized spacial score (nSPS) is 28.8. The highest BCUT2D eigenvalue weighted by Crippen LogP contribution is 2.33. The van der Waals surface area contributed by atoms with Crippen LogP contribution in [0.5, 0.6) is 0 Å². The molecule has 0 radical (unpaired) electrons. The lowest BCUT2D eigenvalue weighted by molar-refractivity contribution is -0.167. The first-order valence-corrected chi connectivity index (χ1v) is 6.98. The predicted molar refractivity (Wildman–Crippen MR) is 77.2 cm³/mol. The van der Waals surface area contributed by atoms with E-state index in [0.717, 1.165) is 5.56 Å². The molecule has 2 rings (SSSR count). The molecule has 96 valence electrons. The lowest BCUT2D eigenvalue weighted by Gasteiger charge is -2.23. The quantitative estimate of drug-likeness (QED) is 0.471. The summed E-state index contributed by atoms with van der Waals surface area (Å²) in [5, 5.41) is 0. The Bertz CT molecular complexity index is 428. The molecule has 1 aromatic rings. The first kappa shape index (κ1) is 13.8. The van der Waals surface area contributed by atoms with Crippen molar-refractivity contribution in [2.45, 2.75) is 22.9 Å². The van der Waals surface area contributed by atoms with Crippen molar-refractivity contribution >= 4 is 22.6 Å². The Morgan fingerprint density at radius 1 is 1.56 bits per heavy atom. The minimum absolute atomic E-state index is 0.0826. The van der Waals surface area contributed by atoms with E-state index in [-0.39, 0.29) is 10.2 Å². The Kier molecular flexibility index (Phi) is 4.62.